The second-order valence-corrected chi connectivity index (χ2v) is 4.39. The first-order chi connectivity index (χ1) is 8.99. The molecule has 0 fully saturated rings. The number of esters is 1. The van der Waals surface area contributed by atoms with E-state index in [0.717, 1.165) is 16.3 Å². The van der Waals surface area contributed by atoms with Crippen LogP contribution >= 0.6 is 0 Å². The lowest BCUT2D eigenvalue weighted by Gasteiger charge is -2.10. The summed E-state index contributed by atoms with van der Waals surface area (Å²) in [6.45, 7) is 2.99. The maximum Gasteiger partial charge on any atom is 0.310 e. The summed E-state index contributed by atoms with van der Waals surface area (Å²) in [4.78, 5) is 22.0. The van der Waals surface area contributed by atoms with Gasteiger partial charge >= 0.3 is 11.9 Å². The maximum atomic E-state index is 11.0. The summed E-state index contributed by atoms with van der Waals surface area (Å²) in [5.41, 5.74) is 0.722. The average molecular weight is 258 g/mol. The van der Waals surface area contributed by atoms with Crippen molar-refractivity contribution in [2.24, 2.45) is 0 Å². The lowest BCUT2D eigenvalue weighted by atomic mass is 9.98. The second-order valence-electron chi connectivity index (χ2n) is 4.39. The molecule has 0 spiro atoms. The van der Waals surface area contributed by atoms with Gasteiger partial charge in [-0.05, 0) is 23.9 Å². The summed E-state index contributed by atoms with van der Waals surface area (Å²) in [6, 6.07) is 10.7. The molecule has 0 aliphatic carbocycles. The molecule has 0 amide bonds. The van der Waals surface area contributed by atoms with E-state index in [2.05, 4.69) is 0 Å². The number of aliphatic carboxylic acids is 1. The molecule has 0 radical (unpaired) electrons. The Morgan fingerprint density at radius 2 is 1.95 bits per heavy atom. The van der Waals surface area contributed by atoms with Crippen LogP contribution in [0.4, 0.5) is 0 Å². The number of fused-ring (bicyclic) bond motifs is 1. The number of carboxylic acids is 1. The number of hydrogen-bond donors (Lipinski definition) is 1. The number of carbonyl (C=O) groups is 2. The van der Waals surface area contributed by atoms with E-state index in [1.54, 1.807) is 37.3 Å². The number of carboxylic acid groups (broad SMARTS) is 1. The third kappa shape index (κ3) is 2.73. The third-order valence-corrected chi connectivity index (χ3v) is 2.99. The van der Waals surface area contributed by atoms with Crippen LogP contribution in [-0.4, -0.2) is 17.0 Å². The highest BCUT2D eigenvalue weighted by Crippen LogP contribution is 2.28. The minimum Gasteiger partial charge on any atom is -0.481 e. The van der Waals surface area contributed by atoms with Crippen LogP contribution in [-0.2, 0) is 9.59 Å². The SMILES string of the molecule is CC(=O)Oc1cccc2cc(C(C)C(=O)O)ccc12. The van der Waals surface area contributed by atoms with Crippen molar-refractivity contribution in [3.63, 3.8) is 0 Å². The molecule has 2 aromatic carbocycles. The Hall–Kier alpha value is -2.36. The number of ether oxygens (including phenoxy) is 1. The number of benzene rings is 2. The topological polar surface area (TPSA) is 63.6 Å². The van der Waals surface area contributed by atoms with Crippen LogP contribution in [0.5, 0.6) is 5.75 Å². The predicted octanol–water partition coefficient (Wildman–Crippen LogP) is 2.95. The molecular weight excluding hydrogens is 244 g/mol. The van der Waals surface area contributed by atoms with E-state index in [-0.39, 0.29) is 5.97 Å². The first kappa shape index (κ1) is 13.1. The van der Waals surface area contributed by atoms with Gasteiger partial charge in [0.15, 0.2) is 0 Å². The molecule has 1 atom stereocenters. The molecule has 19 heavy (non-hydrogen) atoms. The molecule has 4 heteroatoms. The lowest BCUT2D eigenvalue weighted by molar-refractivity contribution is -0.138. The van der Waals surface area contributed by atoms with Gasteiger partial charge in [-0.2, -0.15) is 0 Å². The van der Waals surface area contributed by atoms with Crippen LogP contribution in [0, 0.1) is 0 Å². The molecule has 2 rings (SSSR count). The number of rotatable bonds is 3. The molecule has 0 heterocycles. The summed E-state index contributed by atoms with van der Waals surface area (Å²) >= 11 is 0. The lowest BCUT2D eigenvalue weighted by Crippen LogP contribution is -2.07. The van der Waals surface area contributed by atoms with Gasteiger partial charge in [0.2, 0.25) is 0 Å². The minimum atomic E-state index is -0.865. The standard InChI is InChI=1S/C15H14O4/c1-9(15(17)18)11-6-7-13-12(8-11)4-3-5-14(13)19-10(2)16/h3-9H,1-2H3,(H,17,18). The zero-order valence-electron chi connectivity index (χ0n) is 10.7. The fraction of sp³-hybridized carbons (Fsp3) is 0.200. The Balaban J connectivity index is 2.50. The molecule has 0 aromatic heterocycles. The van der Waals surface area contributed by atoms with Gasteiger partial charge in [0.25, 0.3) is 0 Å². The van der Waals surface area contributed by atoms with Crippen molar-refractivity contribution in [3.8, 4) is 5.75 Å². The minimum absolute atomic E-state index is 0.379. The fourth-order valence-electron chi connectivity index (χ4n) is 1.93. The van der Waals surface area contributed by atoms with Gasteiger partial charge in [0, 0.05) is 12.3 Å². The van der Waals surface area contributed by atoms with Gasteiger partial charge in [-0.15, -0.1) is 0 Å². The van der Waals surface area contributed by atoms with Crippen molar-refractivity contribution >= 4 is 22.7 Å². The molecule has 0 aliphatic rings. The van der Waals surface area contributed by atoms with Gasteiger partial charge in [-0.3, -0.25) is 9.59 Å². The van der Waals surface area contributed by atoms with Crippen LogP contribution in [0.1, 0.15) is 25.3 Å². The van der Waals surface area contributed by atoms with E-state index in [9.17, 15) is 9.59 Å². The first-order valence-electron chi connectivity index (χ1n) is 5.93. The van der Waals surface area contributed by atoms with E-state index in [1.807, 2.05) is 6.07 Å². The van der Waals surface area contributed by atoms with Crippen LogP contribution in [0.15, 0.2) is 36.4 Å². The van der Waals surface area contributed by atoms with Gasteiger partial charge in [0.1, 0.15) is 5.75 Å². The molecule has 4 nitrogen and oxygen atoms in total. The van der Waals surface area contributed by atoms with Crippen LogP contribution in [0.2, 0.25) is 0 Å². The van der Waals surface area contributed by atoms with Gasteiger partial charge in [-0.1, -0.05) is 30.3 Å². The van der Waals surface area contributed by atoms with Crippen molar-refractivity contribution in [1.29, 1.82) is 0 Å². The van der Waals surface area contributed by atoms with E-state index in [4.69, 9.17) is 9.84 Å². The predicted molar refractivity (Wildman–Crippen MR) is 71.3 cm³/mol. The number of hydrogen-bond acceptors (Lipinski definition) is 3. The Labute approximate surface area is 110 Å². The molecule has 0 saturated carbocycles. The van der Waals surface area contributed by atoms with E-state index in [0.29, 0.717) is 5.75 Å². The van der Waals surface area contributed by atoms with Crippen molar-refractivity contribution in [2.75, 3.05) is 0 Å². The Bertz CT molecular complexity index is 646. The molecule has 98 valence electrons. The molecule has 0 bridgehead atoms. The van der Waals surface area contributed by atoms with E-state index >= 15 is 0 Å². The van der Waals surface area contributed by atoms with Crippen molar-refractivity contribution in [1.82, 2.24) is 0 Å². The van der Waals surface area contributed by atoms with Crippen molar-refractivity contribution in [3.05, 3.63) is 42.0 Å². The number of carbonyl (C=O) groups excluding carboxylic acids is 1. The third-order valence-electron chi connectivity index (χ3n) is 2.99. The molecule has 2 aromatic rings. The van der Waals surface area contributed by atoms with Gasteiger partial charge < -0.3 is 9.84 Å². The molecule has 0 saturated heterocycles. The quantitative estimate of drug-likeness (QED) is 0.679. The summed E-state index contributed by atoms with van der Waals surface area (Å²) in [6.07, 6.45) is 0. The van der Waals surface area contributed by atoms with Crippen LogP contribution in [0.3, 0.4) is 0 Å². The zero-order chi connectivity index (χ0) is 14.0. The summed E-state index contributed by atoms with van der Waals surface area (Å²) in [5.74, 6) is -1.33. The highest BCUT2D eigenvalue weighted by atomic mass is 16.5. The molecule has 1 N–H and O–H groups in total. The van der Waals surface area contributed by atoms with Crippen LogP contribution < -0.4 is 4.74 Å². The molecular formula is C15H14O4. The Morgan fingerprint density at radius 3 is 2.58 bits per heavy atom. The largest absolute Gasteiger partial charge is 0.481 e. The van der Waals surface area contributed by atoms with E-state index < -0.39 is 11.9 Å². The fourth-order valence-corrected chi connectivity index (χ4v) is 1.93. The smallest absolute Gasteiger partial charge is 0.310 e. The first-order valence-corrected chi connectivity index (χ1v) is 5.93. The summed E-state index contributed by atoms with van der Waals surface area (Å²) in [5, 5.41) is 10.7. The average Bonchev–Trinajstić information content (AvgIpc) is 2.36. The van der Waals surface area contributed by atoms with Gasteiger partial charge in [0.05, 0.1) is 5.92 Å². The summed E-state index contributed by atoms with van der Waals surface area (Å²) < 4.78 is 5.12. The van der Waals surface area contributed by atoms with Crippen LogP contribution in [0.25, 0.3) is 10.8 Å². The van der Waals surface area contributed by atoms with Crippen molar-refractivity contribution in [2.45, 2.75) is 19.8 Å². The Kier molecular flexibility index (Phi) is 3.51. The van der Waals surface area contributed by atoms with E-state index in [1.165, 1.54) is 6.92 Å². The highest BCUT2D eigenvalue weighted by Gasteiger charge is 2.14. The normalized spacial score (nSPS) is 12.1. The second kappa shape index (κ2) is 5.10. The van der Waals surface area contributed by atoms with Gasteiger partial charge in [-0.25, -0.2) is 0 Å². The Morgan fingerprint density at radius 1 is 1.21 bits per heavy atom. The monoisotopic (exact) mass is 258 g/mol. The molecule has 0 aliphatic heterocycles. The highest BCUT2D eigenvalue weighted by molar-refractivity contribution is 5.91. The molecule has 1 unspecified atom stereocenters. The maximum absolute atomic E-state index is 11.0. The summed E-state index contributed by atoms with van der Waals surface area (Å²) in [7, 11) is 0. The van der Waals surface area contributed by atoms with Crippen molar-refractivity contribution < 1.29 is 19.4 Å². The zero-order valence-corrected chi connectivity index (χ0v) is 10.7.